The van der Waals surface area contributed by atoms with Crippen LogP contribution in [0.3, 0.4) is 0 Å². The zero-order valence-electron chi connectivity index (χ0n) is 27.1. The molecule has 4 rings (SSSR count). The van der Waals surface area contributed by atoms with Crippen LogP contribution >= 0.6 is 0 Å². The highest BCUT2D eigenvalue weighted by molar-refractivity contribution is 6.02. The van der Waals surface area contributed by atoms with E-state index in [1.165, 1.54) is 12.6 Å². The molecule has 0 aromatic heterocycles. The van der Waals surface area contributed by atoms with E-state index >= 15 is 0 Å². The van der Waals surface area contributed by atoms with Gasteiger partial charge in [0.15, 0.2) is 0 Å². The van der Waals surface area contributed by atoms with E-state index in [0.717, 1.165) is 57.7 Å². The number of nitrogens with zero attached hydrogens (tertiary/aromatic N) is 2. The van der Waals surface area contributed by atoms with Gasteiger partial charge in [0.25, 0.3) is 0 Å². The number of aryl methyl sites for hydroxylation is 1. The number of nitrogens with one attached hydrogen (secondary N) is 2. The number of allylic oxidation sites excluding steroid dienone is 2. The van der Waals surface area contributed by atoms with Crippen LogP contribution in [0.2, 0.25) is 0 Å². The van der Waals surface area contributed by atoms with Crippen molar-refractivity contribution in [1.82, 2.24) is 10.7 Å². The summed E-state index contributed by atoms with van der Waals surface area (Å²) >= 11 is 0. The van der Waals surface area contributed by atoms with E-state index in [9.17, 15) is 0 Å². The Morgan fingerprint density at radius 1 is 0.889 bits per heavy atom. The van der Waals surface area contributed by atoms with E-state index in [4.69, 9.17) is 5.84 Å². The third-order valence-corrected chi connectivity index (χ3v) is 7.60. The number of para-hydroxylation sites is 1. The molecule has 0 aliphatic heterocycles. The van der Waals surface area contributed by atoms with Gasteiger partial charge in [0.2, 0.25) is 0 Å². The molecule has 2 unspecified atom stereocenters. The first-order valence-corrected chi connectivity index (χ1v) is 15.3. The van der Waals surface area contributed by atoms with Crippen molar-refractivity contribution in [3.05, 3.63) is 157 Å². The molecule has 0 aliphatic rings. The van der Waals surface area contributed by atoms with Crippen LogP contribution in [0.15, 0.2) is 140 Å². The third-order valence-electron chi connectivity index (χ3n) is 7.60. The molecule has 0 amide bonds. The average Bonchev–Trinajstić information content (AvgIpc) is 3.10. The summed E-state index contributed by atoms with van der Waals surface area (Å²) < 4.78 is 0. The first-order chi connectivity index (χ1) is 22.1. The number of nitrogens with two attached hydrogens (primary N) is 2. The highest BCUT2D eigenvalue weighted by Gasteiger charge is 2.26. The molecule has 0 fully saturated rings. The Labute approximate surface area is 269 Å². The summed E-state index contributed by atoms with van der Waals surface area (Å²) in [6.45, 7) is 12.2. The van der Waals surface area contributed by atoms with Crippen molar-refractivity contribution in [3.8, 4) is 11.1 Å². The zero-order chi connectivity index (χ0) is 32.6. The SMILES string of the molecule is C=CCCC(=NC)c1ccc(C)c(-c2cc(C(C=C)N/C=C\C)ccc2N(c2ccccc2)C(NN)c2ccccc2)c1.CN. The molecule has 4 aromatic rings. The summed E-state index contributed by atoms with van der Waals surface area (Å²) in [6.07, 6.45) is 9.20. The summed E-state index contributed by atoms with van der Waals surface area (Å²) in [7, 11) is 3.36. The lowest BCUT2D eigenvalue weighted by Gasteiger charge is -2.35. The number of benzene rings is 4. The van der Waals surface area contributed by atoms with Crippen LogP contribution in [0, 0.1) is 6.92 Å². The van der Waals surface area contributed by atoms with Crippen molar-refractivity contribution in [2.75, 3.05) is 19.0 Å². The fraction of sp³-hybridized carbons (Fsp3) is 0.205. The maximum absolute atomic E-state index is 6.34. The Bertz CT molecular complexity index is 1560. The smallest absolute Gasteiger partial charge is 0.123 e. The summed E-state index contributed by atoms with van der Waals surface area (Å²) in [4.78, 5) is 6.91. The molecule has 2 atom stereocenters. The van der Waals surface area contributed by atoms with Crippen LogP contribution in [0.4, 0.5) is 11.4 Å². The van der Waals surface area contributed by atoms with Gasteiger partial charge in [0.1, 0.15) is 6.17 Å². The van der Waals surface area contributed by atoms with E-state index in [2.05, 4.69) is 119 Å². The van der Waals surface area contributed by atoms with Crippen molar-refractivity contribution in [2.45, 2.75) is 38.9 Å². The second-order valence-corrected chi connectivity index (χ2v) is 10.4. The maximum atomic E-state index is 6.34. The number of aliphatic imine (C=N–C) groups is 1. The molecule has 0 bridgehead atoms. The second kappa shape index (κ2) is 18.1. The fourth-order valence-electron chi connectivity index (χ4n) is 5.36. The Morgan fingerprint density at radius 2 is 1.58 bits per heavy atom. The fourth-order valence-corrected chi connectivity index (χ4v) is 5.36. The minimum absolute atomic E-state index is 0.0597. The standard InChI is InChI=1S/C38H43N5.CH5N/c1-6-9-20-36(40-5)31-22-21-28(4)33(26-31)34-27-30(35(8-3)41-25-7-2)23-24-37(34)43(32-18-14-11-15-19-32)38(42-39)29-16-12-10-13-17-29;1-2/h6-8,10-19,21-27,35,38,41-42H,1,3,9,20,39H2,2,4-5H3;2H2,1H3/b25-7-,40-36?;. The van der Waals surface area contributed by atoms with Crippen molar-refractivity contribution in [1.29, 1.82) is 0 Å². The quantitative estimate of drug-likeness (QED) is 0.0384. The molecular formula is C39H48N6. The summed E-state index contributed by atoms with van der Waals surface area (Å²) in [5, 5.41) is 3.46. The zero-order valence-corrected chi connectivity index (χ0v) is 27.1. The second-order valence-electron chi connectivity index (χ2n) is 10.4. The molecule has 6 N–H and O–H groups in total. The lowest BCUT2D eigenvalue weighted by Crippen LogP contribution is -2.39. The largest absolute Gasteiger partial charge is 0.381 e. The number of rotatable bonds is 14. The lowest BCUT2D eigenvalue weighted by atomic mass is 9.91. The average molecular weight is 601 g/mol. The predicted molar refractivity (Wildman–Crippen MR) is 195 cm³/mol. The third kappa shape index (κ3) is 8.67. The molecule has 0 radical (unpaired) electrons. The van der Waals surface area contributed by atoms with Crippen molar-refractivity contribution in [2.24, 2.45) is 16.6 Å². The maximum Gasteiger partial charge on any atom is 0.123 e. The molecule has 234 valence electrons. The van der Waals surface area contributed by atoms with E-state index < -0.39 is 0 Å². The highest BCUT2D eigenvalue weighted by Crippen LogP contribution is 2.42. The number of hydrazine groups is 1. The molecule has 45 heavy (non-hydrogen) atoms. The first kappa shape index (κ1) is 34.7. The van der Waals surface area contributed by atoms with Crippen molar-refractivity contribution < 1.29 is 0 Å². The summed E-state index contributed by atoms with van der Waals surface area (Å²) in [5.74, 6) is 6.34. The normalized spacial score (nSPS) is 12.5. The molecule has 6 heteroatoms. The van der Waals surface area contributed by atoms with Gasteiger partial charge in [-0.1, -0.05) is 85.0 Å². The number of hydrogen-bond acceptors (Lipinski definition) is 6. The molecular weight excluding hydrogens is 552 g/mol. The molecule has 4 aromatic carbocycles. The summed E-state index contributed by atoms with van der Waals surface area (Å²) in [5.41, 5.74) is 17.4. The van der Waals surface area contributed by atoms with Crippen LogP contribution in [0.5, 0.6) is 0 Å². The minimum Gasteiger partial charge on any atom is -0.381 e. The molecule has 0 saturated carbocycles. The van der Waals surface area contributed by atoms with Crippen LogP contribution in [0.1, 0.15) is 54.2 Å². The first-order valence-electron chi connectivity index (χ1n) is 15.3. The van der Waals surface area contributed by atoms with Gasteiger partial charge >= 0.3 is 0 Å². The Morgan fingerprint density at radius 3 is 2.18 bits per heavy atom. The van der Waals surface area contributed by atoms with Crippen molar-refractivity contribution >= 4 is 17.1 Å². The lowest BCUT2D eigenvalue weighted by molar-refractivity contribution is 0.562. The topological polar surface area (TPSA) is 91.7 Å². The van der Waals surface area contributed by atoms with Gasteiger partial charge in [-0.3, -0.25) is 10.8 Å². The summed E-state index contributed by atoms with van der Waals surface area (Å²) in [6, 6.07) is 33.8. The number of anilines is 2. The van der Waals surface area contributed by atoms with E-state index in [1.54, 1.807) is 0 Å². The van der Waals surface area contributed by atoms with Gasteiger partial charge in [-0.2, -0.15) is 0 Å². The van der Waals surface area contributed by atoms with E-state index in [1.807, 2.05) is 62.7 Å². The Kier molecular flexibility index (Phi) is 14.0. The molecule has 0 heterocycles. The van der Waals surface area contributed by atoms with Crippen LogP contribution in [-0.4, -0.2) is 19.8 Å². The Hall–Kier alpha value is -4.75. The van der Waals surface area contributed by atoms with Gasteiger partial charge in [-0.05, 0) is 98.1 Å². The van der Waals surface area contributed by atoms with Gasteiger partial charge in [0, 0.05) is 24.0 Å². The van der Waals surface area contributed by atoms with Crippen LogP contribution in [0.25, 0.3) is 11.1 Å². The monoisotopic (exact) mass is 600 g/mol. The molecule has 0 aliphatic carbocycles. The van der Waals surface area contributed by atoms with Gasteiger partial charge in [-0.25, -0.2) is 5.43 Å². The van der Waals surface area contributed by atoms with Gasteiger partial charge in [-0.15, -0.1) is 13.2 Å². The van der Waals surface area contributed by atoms with Crippen LogP contribution < -0.4 is 27.2 Å². The minimum atomic E-state index is -0.326. The van der Waals surface area contributed by atoms with Gasteiger partial charge in [0.05, 0.1) is 11.7 Å². The van der Waals surface area contributed by atoms with E-state index in [0.29, 0.717) is 0 Å². The molecule has 0 saturated heterocycles. The van der Waals surface area contributed by atoms with Crippen molar-refractivity contribution in [3.63, 3.8) is 0 Å². The van der Waals surface area contributed by atoms with E-state index in [-0.39, 0.29) is 12.2 Å². The van der Waals surface area contributed by atoms with Gasteiger partial charge < -0.3 is 16.0 Å². The Balaban J connectivity index is 0.00000271. The molecule has 0 spiro atoms. The molecule has 6 nitrogen and oxygen atoms in total. The van der Waals surface area contributed by atoms with Crippen LogP contribution in [-0.2, 0) is 0 Å². The highest BCUT2D eigenvalue weighted by atomic mass is 15.4. The predicted octanol–water partition coefficient (Wildman–Crippen LogP) is 8.27. The number of hydrogen-bond donors (Lipinski definition) is 4.